The summed E-state index contributed by atoms with van der Waals surface area (Å²) in [7, 11) is 0. The number of hydrogen-bond donors (Lipinski definition) is 0. The van der Waals surface area contributed by atoms with Crippen LogP contribution in [0.25, 0.3) is 53.7 Å². The number of hydrogen-bond acceptors (Lipinski definition) is 2. The first-order chi connectivity index (χ1) is 17.6. The van der Waals surface area contributed by atoms with Gasteiger partial charge in [0, 0.05) is 32.3 Å². The van der Waals surface area contributed by atoms with Gasteiger partial charge in [-0.25, -0.2) is 0 Å². The number of aromatic nitrogens is 1. The number of nitrogens with zero attached hydrogens (tertiary/aromatic N) is 1. The summed E-state index contributed by atoms with van der Waals surface area (Å²) in [5, 5.41) is 3.77. The molecule has 4 aromatic carbocycles. The molecule has 2 heteroatoms. The van der Waals surface area contributed by atoms with E-state index in [4.69, 9.17) is 4.98 Å². The van der Waals surface area contributed by atoms with Crippen LogP contribution in [0.3, 0.4) is 0 Å². The highest BCUT2D eigenvalue weighted by Crippen LogP contribution is 2.45. The molecule has 2 aromatic heterocycles. The minimum atomic E-state index is 0.639. The van der Waals surface area contributed by atoms with Gasteiger partial charge in [0.1, 0.15) is 0 Å². The van der Waals surface area contributed by atoms with Gasteiger partial charge in [0.15, 0.2) is 0 Å². The zero-order valence-corrected chi connectivity index (χ0v) is 21.8. The fourth-order valence-electron chi connectivity index (χ4n) is 5.21. The van der Waals surface area contributed by atoms with Gasteiger partial charge in [0.05, 0.1) is 5.69 Å². The van der Waals surface area contributed by atoms with Gasteiger partial charge in [-0.2, -0.15) is 0 Å². The summed E-state index contributed by atoms with van der Waals surface area (Å²) < 4.78 is 1.33. The number of pyridine rings is 1. The zero-order valence-electron chi connectivity index (χ0n) is 21.0. The molecular formula is C34H29NS. The third kappa shape index (κ3) is 4.12. The normalized spacial score (nSPS) is 11.6. The smallest absolute Gasteiger partial charge is 0.0780 e. The Morgan fingerprint density at radius 1 is 0.722 bits per heavy atom. The molecule has 1 nitrogen and oxygen atoms in total. The number of rotatable bonds is 5. The molecule has 0 saturated heterocycles. The molecular weight excluding hydrogens is 454 g/mol. The molecule has 0 aliphatic rings. The van der Waals surface area contributed by atoms with E-state index in [9.17, 15) is 0 Å². The van der Waals surface area contributed by atoms with E-state index < -0.39 is 0 Å². The highest BCUT2D eigenvalue weighted by atomic mass is 32.1. The van der Waals surface area contributed by atoms with Crippen molar-refractivity contribution in [3.63, 3.8) is 0 Å². The van der Waals surface area contributed by atoms with E-state index in [-0.39, 0.29) is 0 Å². The summed E-state index contributed by atoms with van der Waals surface area (Å²) in [6, 6.07) is 35.2. The monoisotopic (exact) mass is 483 g/mol. The van der Waals surface area contributed by atoms with E-state index >= 15 is 0 Å². The van der Waals surface area contributed by atoms with Gasteiger partial charge < -0.3 is 0 Å². The van der Waals surface area contributed by atoms with Crippen molar-refractivity contribution in [1.29, 1.82) is 0 Å². The Kier molecular flexibility index (Phi) is 5.91. The molecule has 0 aliphatic heterocycles. The molecule has 0 fully saturated rings. The van der Waals surface area contributed by atoms with E-state index in [0.29, 0.717) is 5.92 Å². The second-order valence-electron chi connectivity index (χ2n) is 10.0. The van der Waals surface area contributed by atoms with Gasteiger partial charge in [-0.15, -0.1) is 11.3 Å². The minimum absolute atomic E-state index is 0.639. The molecule has 0 saturated carbocycles. The first kappa shape index (κ1) is 22.7. The van der Waals surface area contributed by atoms with Crippen LogP contribution in [0.15, 0.2) is 103 Å². The Labute approximate surface area is 217 Å². The Morgan fingerprint density at radius 3 is 2.17 bits per heavy atom. The van der Waals surface area contributed by atoms with Crippen molar-refractivity contribution in [2.24, 2.45) is 5.92 Å². The first-order valence-electron chi connectivity index (χ1n) is 12.6. The number of aryl methyl sites for hydroxylation is 1. The lowest BCUT2D eigenvalue weighted by Gasteiger charge is -2.12. The molecule has 6 rings (SSSR count). The lowest BCUT2D eigenvalue weighted by molar-refractivity contribution is 0.648. The van der Waals surface area contributed by atoms with E-state index in [2.05, 4.69) is 118 Å². The molecule has 0 N–H and O–H groups in total. The fraction of sp³-hybridized carbons (Fsp3) is 0.147. The first-order valence-corrected chi connectivity index (χ1v) is 13.5. The van der Waals surface area contributed by atoms with Crippen LogP contribution < -0.4 is 0 Å². The quantitative estimate of drug-likeness (QED) is 0.238. The van der Waals surface area contributed by atoms with Gasteiger partial charge in [-0.05, 0) is 70.5 Å². The second kappa shape index (κ2) is 9.37. The van der Waals surface area contributed by atoms with Crippen molar-refractivity contribution < 1.29 is 0 Å². The van der Waals surface area contributed by atoms with Crippen LogP contribution in [0.4, 0.5) is 0 Å². The maximum atomic E-state index is 4.91. The maximum absolute atomic E-state index is 4.91. The maximum Gasteiger partial charge on any atom is 0.0780 e. The molecule has 2 heterocycles. The van der Waals surface area contributed by atoms with Gasteiger partial charge in [0.2, 0.25) is 0 Å². The lowest BCUT2D eigenvalue weighted by Crippen LogP contribution is -1.94. The number of fused-ring (bicyclic) bond motifs is 2. The van der Waals surface area contributed by atoms with Crippen LogP contribution in [-0.2, 0) is 6.42 Å². The summed E-state index contributed by atoms with van der Waals surface area (Å²) in [5.74, 6) is 0.639. The predicted octanol–water partition coefficient (Wildman–Crippen LogP) is 9.96. The van der Waals surface area contributed by atoms with Crippen molar-refractivity contribution in [3.05, 3.63) is 114 Å². The summed E-state index contributed by atoms with van der Waals surface area (Å²) >= 11 is 1.89. The molecule has 0 aliphatic carbocycles. The molecule has 176 valence electrons. The Bertz CT molecular complexity index is 1680. The van der Waals surface area contributed by atoms with Crippen molar-refractivity contribution in [2.75, 3.05) is 0 Å². The standard InChI is InChI=1S/C34H29NS/c1-22(2)18-24-14-15-29-27(19-24)16-17-35-32(29)28-20-30-23(3)33(26-12-8-5-9-13-26)36-34(30)31(21-28)25-10-6-4-7-11-25/h4-17,19-22H,18H2,1-3H3. The third-order valence-corrected chi connectivity index (χ3v) is 8.29. The van der Waals surface area contributed by atoms with Gasteiger partial charge in [-0.1, -0.05) is 92.7 Å². The van der Waals surface area contributed by atoms with E-state index in [1.54, 1.807) is 0 Å². The highest BCUT2D eigenvalue weighted by molar-refractivity contribution is 7.23. The van der Waals surface area contributed by atoms with Crippen LogP contribution in [0.2, 0.25) is 0 Å². The van der Waals surface area contributed by atoms with Crippen LogP contribution in [0.1, 0.15) is 25.0 Å². The molecule has 0 atom stereocenters. The summed E-state index contributed by atoms with van der Waals surface area (Å²) in [5.41, 5.74) is 8.73. The Hall–Kier alpha value is -3.75. The van der Waals surface area contributed by atoms with E-state index in [1.807, 2.05) is 17.5 Å². The average Bonchev–Trinajstić information content (AvgIpc) is 3.24. The topological polar surface area (TPSA) is 12.9 Å². The lowest BCUT2D eigenvalue weighted by atomic mass is 9.94. The minimum Gasteiger partial charge on any atom is -0.256 e. The van der Waals surface area contributed by atoms with Crippen molar-refractivity contribution in [1.82, 2.24) is 4.98 Å². The fourth-order valence-corrected chi connectivity index (χ4v) is 6.54. The van der Waals surface area contributed by atoms with Crippen LogP contribution in [-0.4, -0.2) is 4.98 Å². The molecule has 0 amide bonds. The molecule has 0 unspecified atom stereocenters. The van der Waals surface area contributed by atoms with Crippen molar-refractivity contribution in [2.45, 2.75) is 27.2 Å². The van der Waals surface area contributed by atoms with Gasteiger partial charge >= 0.3 is 0 Å². The number of thiophene rings is 1. The van der Waals surface area contributed by atoms with Crippen LogP contribution in [0, 0.1) is 12.8 Å². The van der Waals surface area contributed by atoms with Gasteiger partial charge in [0.25, 0.3) is 0 Å². The van der Waals surface area contributed by atoms with Crippen molar-refractivity contribution >= 4 is 32.2 Å². The summed E-state index contributed by atoms with van der Waals surface area (Å²) in [6.07, 6.45) is 3.05. The van der Waals surface area contributed by atoms with Crippen molar-refractivity contribution in [3.8, 4) is 32.8 Å². The summed E-state index contributed by atoms with van der Waals surface area (Å²) in [6.45, 7) is 6.80. The average molecular weight is 484 g/mol. The molecule has 6 aromatic rings. The second-order valence-corrected chi connectivity index (χ2v) is 11.0. The van der Waals surface area contributed by atoms with Crippen LogP contribution in [0.5, 0.6) is 0 Å². The SMILES string of the molecule is Cc1c(-c2ccccc2)sc2c(-c3ccccc3)cc(-c3nccc4cc(CC(C)C)ccc34)cc12. The van der Waals surface area contributed by atoms with Gasteiger partial charge in [-0.3, -0.25) is 4.98 Å². The molecule has 0 bridgehead atoms. The third-order valence-electron chi connectivity index (χ3n) is 6.90. The molecule has 0 spiro atoms. The Morgan fingerprint density at radius 2 is 1.44 bits per heavy atom. The highest BCUT2D eigenvalue weighted by Gasteiger charge is 2.17. The Balaban J connectivity index is 1.60. The molecule has 0 radical (unpaired) electrons. The molecule has 36 heavy (non-hydrogen) atoms. The zero-order chi connectivity index (χ0) is 24.6. The summed E-state index contributed by atoms with van der Waals surface area (Å²) in [4.78, 5) is 6.24. The van der Waals surface area contributed by atoms with Crippen LogP contribution >= 0.6 is 11.3 Å². The predicted molar refractivity (Wildman–Crippen MR) is 157 cm³/mol. The largest absolute Gasteiger partial charge is 0.256 e. The van der Waals surface area contributed by atoms with E-state index in [1.165, 1.54) is 59.1 Å². The van der Waals surface area contributed by atoms with E-state index in [0.717, 1.165) is 12.1 Å². The number of benzene rings is 4.